The van der Waals surface area contributed by atoms with Gasteiger partial charge in [0.05, 0.1) is 5.39 Å². The summed E-state index contributed by atoms with van der Waals surface area (Å²) in [7, 11) is -3.83. The molecule has 2 aromatic heterocycles. The van der Waals surface area contributed by atoms with Gasteiger partial charge in [0.15, 0.2) is 0 Å². The summed E-state index contributed by atoms with van der Waals surface area (Å²) in [5.74, 6) is 0.0988. The molecule has 0 radical (unpaired) electrons. The van der Waals surface area contributed by atoms with E-state index in [4.69, 9.17) is 5.73 Å². The molecule has 11 heteroatoms. The number of nitrogens with two attached hydrogens (primary N) is 1. The first kappa shape index (κ1) is 19.6. The van der Waals surface area contributed by atoms with Crippen molar-refractivity contribution in [3.05, 3.63) is 33.1 Å². The van der Waals surface area contributed by atoms with Gasteiger partial charge in [0.1, 0.15) is 10.5 Å². The standard InChI is InChI=1S/C14H19N5O4S.ClH/c15-6-8-3-1-2-4-11(8)19-24(22,23)9-5-10-12(16-7-9)17-14(21)18-13(10)20;/h5,7-8,11,19H,1-4,6,15H2,(H2,16,17,18,20,21);1H. The molecule has 0 saturated heterocycles. The predicted molar refractivity (Wildman–Crippen MR) is 95.4 cm³/mol. The van der Waals surface area contributed by atoms with Crippen LogP contribution in [-0.4, -0.2) is 36.0 Å². The number of sulfonamides is 1. The molecule has 2 atom stereocenters. The van der Waals surface area contributed by atoms with Gasteiger partial charge in [-0.25, -0.2) is 22.9 Å². The van der Waals surface area contributed by atoms with Gasteiger partial charge >= 0.3 is 5.69 Å². The summed E-state index contributed by atoms with van der Waals surface area (Å²) in [6.07, 6.45) is 4.73. The number of pyridine rings is 1. The van der Waals surface area contributed by atoms with Crippen LogP contribution in [0.15, 0.2) is 26.7 Å². The minimum absolute atomic E-state index is 0. The summed E-state index contributed by atoms with van der Waals surface area (Å²) in [4.78, 5) is 31.2. The number of nitrogens with zero attached hydrogens (tertiary/aromatic N) is 1. The molecule has 1 aliphatic carbocycles. The summed E-state index contributed by atoms with van der Waals surface area (Å²) < 4.78 is 27.9. The lowest BCUT2D eigenvalue weighted by molar-refractivity contribution is 0.296. The van der Waals surface area contributed by atoms with E-state index in [9.17, 15) is 18.0 Å². The molecule has 0 aliphatic heterocycles. The summed E-state index contributed by atoms with van der Waals surface area (Å²) in [6, 6.07) is 0.984. The van der Waals surface area contributed by atoms with Gasteiger partial charge in [-0.2, -0.15) is 0 Å². The molecular formula is C14H20ClN5O4S. The van der Waals surface area contributed by atoms with Crippen LogP contribution in [0.1, 0.15) is 25.7 Å². The molecule has 1 aliphatic rings. The van der Waals surface area contributed by atoms with Crippen molar-refractivity contribution in [1.29, 1.82) is 0 Å². The third-order valence-electron chi connectivity index (χ3n) is 4.39. The zero-order valence-electron chi connectivity index (χ0n) is 13.3. The Morgan fingerprint density at radius 3 is 2.68 bits per heavy atom. The van der Waals surface area contributed by atoms with Crippen molar-refractivity contribution in [1.82, 2.24) is 19.7 Å². The number of H-pyrrole nitrogens is 2. The van der Waals surface area contributed by atoms with E-state index in [1.165, 1.54) is 6.07 Å². The summed E-state index contributed by atoms with van der Waals surface area (Å²) >= 11 is 0. The molecule has 0 spiro atoms. The fraction of sp³-hybridized carbons (Fsp3) is 0.500. The first-order chi connectivity index (χ1) is 11.4. The molecular weight excluding hydrogens is 370 g/mol. The molecule has 0 aromatic carbocycles. The summed E-state index contributed by atoms with van der Waals surface area (Å²) in [5, 5.41) is 0.0106. The number of halogens is 1. The Kier molecular flexibility index (Phi) is 5.99. The van der Waals surface area contributed by atoms with E-state index < -0.39 is 21.3 Å². The van der Waals surface area contributed by atoms with Crippen molar-refractivity contribution in [3.63, 3.8) is 0 Å². The summed E-state index contributed by atoms with van der Waals surface area (Å²) in [5.41, 5.74) is 4.40. The lowest BCUT2D eigenvalue weighted by Crippen LogP contribution is -2.44. The Morgan fingerprint density at radius 1 is 1.24 bits per heavy atom. The quantitative estimate of drug-likeness (QED) is 0.569. The van der Waals surface area contributed by atoms with E-state index in [0.29, 0.717) is 6.54 Å². The largest absolute Gasteiger partial charge is 0.330 e. The molecule has 2 aromatic rings. The summed E-state index contributed by atoms with van der Waals surface area (Å²) in [6.45, 7) is 0.421. The van der Waals surface area contributed by atoms with Gasteiger partial charge in [-0.05, 0) is 31.4 Å². The van der Waals surface area contributed by atoms with Gasteiger partial charge in [0.25, 0.3) is 5.56 Å². The first-order valence-electron chi connectivity index (χ1n) is 7.75. The van der Waals surface area contributed by atoms with E-state index in [0.717, 1.165) is 31.9 Å². The van der Waals surface area contributed by atoms with Crippen molar-refractivity contribution < 1.29 is 8.42 Å². The second-order valence-corrected chi connectivity index (χ2v) is 7.70. The van der Waals surface area contributed by atoms with E-state index in [1.54, 1.807) is 0 Å². The molecule has 5 N–H and O–H groups in total. The van der Waals surface area contributed by atoms with Crippen LogP contribution in [0.25, 0.3) is 11.0 Å². The number of hydrogen-bond donors (Lipinski definition) is 4. The third-order valence-corrected chi connectivity index (χ3v) is 5.85. The monoisotopic (exact) mass is 389 g/mol. The van der Waals surface area contributed by atoms with Crippen LogP contribution < -0.4 is 21.7 Å². The molecule has 2 unspecified atom stereocenters. The van der Waals surface area contributed by atoms with Gasteiger partial charge in [-0.1, -0.05) is 12.8 Å². The van der Waals surface area contributed by atoms with Crippen LogP contribution >= 0.6 is 12.4 Å². The van der Waals surface area contributed by atoms with E-state index in [1.807, 2.05) is 0 Å². The molecule has 1 saturated carbocycles. The highest BCUT2D eigenvalue weighted by molar-refractivity contribution is 7.89. The minimum atomic E-state index is -3.83. The number of nitrogens with one attached hydrogen (secondary N) is 3. The van der Waals surface area contributed by atoms with Gasteiger partial charge in [-0.15, -0.1) is 12.4 Å². The predicted octanol–water partition coefficient (Wildman–Crippen LogP) is -0.171. The maximum atomic E-state index is 12.6. The number of hydrogen-bond acceptors (Lipinski definition) is 6. The number of fused-ring (bicyclic) bond motifs is 1. The second kappa shape index (κ2) is 7.65. The maximum absolute atomic E-state index is 12.6. The number of rotatable bonds is 4. The fourth-order valence-electron chi connectivity index (χ4n) is 3.09. The lowest BCUT2D eigenvalue weighted by Gasteiger charge is -2.30. The number of aromatic amines is 2. The highest BCUT2D eigenvalue weighted by Crippen LogP contribution is 2.25. The van der Waals surface area contributed by atoms with Gasteiger partial charge in [-0.3, -0.25) is 14.8 Å². The van der Waals surface area contributed by atoms with Crippen molar-refractivity contribution in [2.75, 3.05) is 6.54 Å². The Balaban J connectivity index is 0.00000225. The molecule has 0 bridgehead atoms. The molecule has 25 heavy (non-hydrogen) atoms. The Morgan fingerprint density at radius 2 is 1.96 bits per heavy atom. The van der Waals surface area contributed by atoms with Crippen molar-refractivity contribution in [2.24, 2.45) is 11.7 Å². The van der Waals surface area contributed by atoms with E-state index in [-0.39, 0.29) is 40.3 Å². The normalized spacial score (nSPS) is 21.0. The Labute approximate surface area is 149 Å². The zero-order chi connectivity index (χ0) is 17.3. The van der Waals surface area contributed by atoms with Crippen LogP contribution in [-0.2, 0) is 10.0 Å². The number of aromatic nitrogens is 3. The smallest absolute Gasteiger partial charge is 0.327 e. The first-order valence-corrected chi connectivity index (χ1v) is 9.24. The molecule has 0 amide bonds. The van der Waals surface area contributed by atoms with Crippen LogP contribution in [0.5, 0.6) is 0 Å². The Bertz CT molecular complexity index is 971. The van der Waals surface area contributed by atoms with Crippen molar-refractivity contribution >= 4 is 33.5 Å². The fourth-order valence-corrected chi connectivity index (χ4v) is 4.40. The highest BCUT2D eigenvalue weighted by Gasteiger charge is 2.29. The average Bonchev–Trinajstić information content (AvgIpc) is 2.54. The van der Waals surface area contributed by atoms with Crippen molar-refractivity contribution in [3.8, 4) is 0 Å². The SMILES string of the molecule is Cl.NCC1CCCCC1NS(=O)(=O)c1cnc2[nH]c(=O)[nH]c(=O)c2c1. The average molecular weight is 390 g/mol. The molecule has 3 rings (SSSR count). The lowest BCUT2D eigenvalue weighted by atomic mass is 9.85. The second-order valence-electron chi connectivity index (χ2n) is 5.98. The van der Waals surface area contributed by atoms with E-state index >= 15 is 0 Å². The molecule has 9 nitrogen and oxygen atoms in total. The van der Waals surface area contributed by atoms with Crippen LogP contribution in [0.4, 0.5) is 0 Å². The van der Waals surface area contributed by atoms with E-state index in [2.05, 4.69) is 19.7 Å². The maximum Gasteiger partial charge on any atom is 0.327 e. The zero-order valence-corrected chi connectivity index (χ0v) is 15.0. The van der Waals surface area contributed by atoms with Gasteiger partial charge < -0.3 is 5.73 Å². The third kappa shape index (κ3) is 4.09. The van der Waals surface area contributed by atoms with Crippen LogP contribution in [0.3, 0.4) is 0 Å². The van der Waals surface area contributed by atoms with Gasteiger partial charge in [0.2, 0.25) is 10.0 Å². The molecule has 1 fully saturated rings. The minimum Gasteiger partial charge on any atom is -0.330 e. The van der Waals surface area contributed by atoms with Crippen molar-refractivity contribution in [2.45, 2.75) is 36.6 Å². The molecule has 138 valence electrons. The van der Waals surface area contributed by atoms with Gasteiger partial charge in [0, 0.05) is 12.2 Å². The van der Waals surface area contributed by atoms with Crippen LogP contribution in [0.2, 0.25) is 0 Å². The topological polar surface area (TPSA) is 151 Å². The van der Waals surface area contributed by atoms with Crippen LogP contribution in [0, 0.1) is 5.92 Å². The Hall–Kier alpha value is -1.75. The molecule has 2 heterocycles. The highest BCUT2D eigenvalue weighted by atomic mass is 35.5.